The number of benzene rings is 3. The lowest BCUT2D eigenvalue weighted by Crippen LogP contribution is -2.34. The lowest BCUT2D eigenvalue weighted by Gasteiger charge is -2.16. The summed E-state index contributed by atoms with van der Waals surface area (Å²) < 4.78 is 31.9. The minimum absolute atomic E-state index is 0.0291. The van der Waals surface area contributed by atoms with Crippen LogP contribution in [0.5, 0.6) is 0 Å². The predicted octanol–water partition coefficient (Wildman–Crippen LogP) is 3.95. The van der Waals surface area contributed by atoms with E-state index in [1.165, 1.54) is 12.1 Å². The number of aromatic nitrogens is 4. The topological polar surface area (TPSA) is 112 Å². The van der Waals surface area contributed by atoms with Gasteiger partial charge in [-0.05, 0) is 86.0 Å². The molecule has 39 heavy (non-hydrogen) atoms. The molecule has 3 heterocycles. The van der Waals surface area contributed by atoms with Crippen molar-refractivity contribution in [3.05, 3.63) is 115 Å². The zero-order valence-electron chi connectivity index (χ0n) is 20.9. The number of H-pyrrole nitrogens is 2. The summed E-state index contributed by atoms with van der Waals surface area (Å²) in [5, 5.41) is 9.74. The molecular formula is C29H22F2N4O4. The van der Waals surface area contributed by atoms with Gasteiger partial charge in [-0.2, -0.15) is 0 Å². The summed E-state index contributed by atoms with van der Waals surface area (Å²) in [6, 6.07) is 14.5. The van der Waals surface area contributed by atoms with Crippen LogP contribution in [0.2, 0.25) is 0 Å². The zero-order chi connectivity index (χ0) is 27.6. The van der Waals surface area contributed by atoms with E-state index in [0.717, 1.165) is 28.3 Å². The Bertz CT molecular complexity index is 2140. The largest absolute Gasteiger partial charge is 0.393 e. The fourth-order valence-corrected chi connectivity index (χ4v) is 5.23. The maximum Gasteiger partial charge on any atom is 0.333 e. The second-order valence-electron chi connectivity index (χ2n) is 9.63. The van der Waals surface area contributed by atoms with Gasteiger partial charge in [0.05, 0.1) is 39.4 Å². The Morgan fingerprint density at radius 1 is 0.897 bits per heavy atom. The predicted molar refractivity (Wildman–Crippen MR) is 145 cm³/mol. The molecule has 1 atom stereocenters. The molecule has 0 radical (unpaired) electrons. The van der Waals surface area contributed by atoms with Crippen LogP contribution >= 0.6 is 0 Å². The highest BCUT2D eigenvalue weighted by Gasteiger charge is 2.21. The molecule has 0 spiro atoms. The zero-order valence-corrected chi connectivity index (χ0v) is 20.9. The lowest BCUT2D eigenvalue weighted by molar-refractivity contribution is 0.195. The van der Waals surface area contributed by atoms with Crippen LogP contribution in [0.1, 0.15) is 18.1 Å². The lowest BCUT2D eigenvalue weighted by atomic mass is 10.0. The number of fused-ring (bicyclic) bond motifs is 4. The molecule has 0 amide bonds. The van der Waals surface area contributed by atoms with Crippen LogP contribution < -0.4 is 16.8 Å². The van der Waals surface area contributed by atoms with Gasteiger partial charge in [-0.25, -0.2) is 18.1 Å². The smallest absolute Gasteiger partial charge is 0.333 e. The van der Waals surface area contributed by atoms with Gasteiger partial charge in [0, 0.05) is 5.56 Å². The van der Waals surface area contributed by atoms with Gasteiger partial charge in [0.2, 0.25) is 0 Å². The van der Waals surface area contributed by atoms with Gasteiger partial charge in [-0.3, -0.25) is 9.59 Å². The van der Waals surface area contributed by atoms with Gasteiger partial charge in [-0.1, -0.05) is 6.07 Å². The Hall–Kier alpha value is -4.83. The van der Waals surface area contributed by atoms with Crippen LogP contribution in [-0.2, 0) is 6.42 Å². The first-order valence-corrected chi connectivity index (χ1v) is 12.2. The van der Waals surface area contributed by atoms with Crippen LogP contribution in [0.25, 0.3) is 44.4 Å². The number of rotatable bonds is 4. The number of nitrogens with one attached hydrogen (secondary N) is 2. The second kappa shape index (κ2) is 8.88. The van der Waals surface area contributed by atoms with Crippen LogP contribution in [0, 0.1) is 18.6 Å². The van der Waals surface area contributed by atoms with Gasteiger partial charge in [-0.15, -0.1) is 0 Å². The van der Waals surface area contributed by atoms with E-state index >= 15 is 4.39 Å². The van der Waals surface area contributed by atoms with Gasteiger partial charge in [0.1, 0.15) is 17.2 Å². The molecule has 3 aromatic heterocycles. The summed E-state index contributed by atoms with van der Waals surface area (Å²) in [6.45, 7) is 3.24. The molecule has 6 rings (SSSR count). The molecule has 0 saturated heterocycles. The monoisotopic (exact) mass is 528 g/mol. The highest BCUT2D eigenvalue weighted by molar-refractivity contribution is 5.84. The van der Waals surface area contributed by atoms with Crippen LogP contribution in [0.15, 0.2) is 75.0 Å². The standard InChI is InChI=1S/C29H22F2N4O4/c1-14(36)11-16-3-7-23-21(12-16)32-27(37)25-10-9-24(34(23)25)26-15(2)22(8-5-19(26)31)35-28(38)18-13-17(30)4-6-20(18)33-29(35)39/h3-10,12-14,36H,11H2,1-2H3,(H,32,37)(H,33,39). The third kappa shape index (κ3) is 3.88. The average molecular weight is 529 g/mol. The second-order valence-corrected chi connectivity index (χ2v) is 9.63. The molecule has 6 aromatic rings. The van der Waals surface area contributed by atoms with Crippen LogP contribution in [-0.4, -0.2) is 30.1 Å². The molecule has 196 valence electrons. The molecule has 1 unspecified atom stereocenters. The van der Waals surface area contributed by atoms with Crippen molar-refractivity contribution in [1.29, 1.82) is 0 Å². The van der Waals surface area contributed by atoms with Crippen molar-refractivity contribution >= 4 is 27.5 Å². The number of nitrogens with zero attached hydrogens (tertiary/aromatic N) is 2. The molecule has 10 heteroatoms. The summed E-state index contributed by atoms with van der Waals surface area (Å²) in [7, 11) is 0. The third-order valence-corrected chi connectivity index (χ3v) is 6.94. The summed E-state index contributed by atoms with van der Waals surface area (Å²) in [5.74, 6) is -1.25. The summed E-state index contributed by atoms with van der Waals surface area (Å²) >= 11 is 0. The van der Waals surface area contributed by atoms with Gasteiger partial charge in [0.15, 0.2) is 0 Å². The molecule has 0 aliphatic heterocycles. The molecule has 0 bridgehead atoms. The minimum atomic E-state index is -0.757. The van der Waals surface area contributed by atoms with E-state index in [0.29, 0.717) is 23.1 Å². The molecule has 8 nitrogen and oxygen atoms in total. The van der Waals surface area contributed by atoms with E-state index in [9.17, 15) is 23.9 Å². The van der Waals surface area contributed by atoms with E-state index < -0.39 is 29.0 Å². The Morgan fingerprint density at radius 2 is 1.67 bits per heavy atom. The Morgan fingerprint density at radius 3 is 2.44 bits per heavy atom. The van der Waals surface area contributed by atoms with Gasteiger partial charge >= 0.3 is 5.69 Å². The highest BCUT2D eigenvalue weighted by Crippen LogP contribution is 2.33. The van der Waals surface area contributed by atoms with E-state index in [-0.39, 0.29) is 38.8 Å². The van der Waals surface area contributed by atoms with E-state index in [2.05, 4.69) is 9.97 Å². The van der Waals surface area contributed by atoms with E-state index in [1.54, 1.807) is 42.5 Å². The maximum atomic E-state index is 15.5. The number of hydrogen-bond acceptors (Lipinski definition) is 4. The number of halogens is 2. The molecule has 0 saturated carbocycles. The fourth-order valence-electron chi connectivity index (χ4n) is 5.23. The molecule has 0 aliphatic rings. The molecule has 3 aromatic carbocycles. The Balaban J connectivity index is 1.64. The molecule has 0 aliphatic carbocycles. The van der Waals surface area contributed by atoms with Crippen molar-refractivity contribution in [3.8, 4) is 16.9 Å². The van der Waals surface area contributed by atoms with Gasteiger partial charge < -0.3 is 19.5 Å². The number of hydrogen-bond donors (Lipinski definition) is 3. The summed E-state index contributed by atoms with van der Waals surface area (Å²) in [5.41, 5.74) is 1.32. The first-order chi connectivity index (χ1) is 18.6. The van der Waals surface area contributed by atoms with E-state index in [1.807, 2.05) is 6.07 Å². The van der Waals surface area contributed by atoms with Crippen molar-refractivity contribution in [2.45, 2.75) is 26.4 Å². The SMILES string of the molecule is Cc1c(-n2c(=O)[nH]c3ccc(F)cc3c2=O)ccc(F)c1-c1ccc2c(=O)[nH]c3cc(CC(C)O)ccc3n12. The van der Waals surface area contributed by atoms with Crippen molar-refractivity contribution in [1.82, 2.24) is 18.9 Å². The molecule has 3 N–H and O–H groups in total. The molecule has 0 fully saturated rings. The van der Waals surface area contributed by atoms with Crippen molar-refractivity contribution in [2.24, 2.45) is 0 Å². The van der Waals surface area contributed by atoms with Gasteiger partial charge in [0.25, 0.3) is 11.1 Å². The van der Waals surface area contributed by atoms with Crippen molar-refractivity contribution in [3.63, 3.8) is 0 Å². The quantitative estimate of drug-likeness (QED) is 0.322. The van der Waals surface area contributed by atoms with Crippen LogP contribution in [0.4, 0.5) is 8.78 Å². The first-order valence-electron chi connectivity index (χ1n) is 12.2. The average Bonchev–Trinajstić information content (AvgIpc) is 3.31. The highest BCUT2D eigenvalue weighted by atomic mass is 19.1. The molecular weight excluding hydrogens is 506 g/mol. The van der Waals surface area contributed by atoms with Crippen molar-refractivity contribution in [2.75, 3.05) is 0 Å². The third-order valence-electron chi connectivity index (χ3n) is 6.94. The summed E-state index contributed by atoms with van der Waals surface area (Å²) in [6.07, 6.45) is -0.179. The number of aliphatic hydroxyl groups is 1. The number of aromatic amines is 2. The number of aliphatic hydroxyl groups excluding tert-OH is 1. The normalized spacial score (nSPS) is 12.5. The van der Waals surface area contributed by atoms with E-state index in [4.69, 9.17) is 0 Å². The first kappa shape index (κ1) is 24.5. The summed E-state index contributed by atoms with van der Waals surface area (Å²) in [4.78, 5) is 44.6. The van der Waals surface area contributed by atoms with Crippen LogP contribution in [0.3, 0.4) is 0 Å². The minimum Gasteiger partial charge on any atom is -0.393 e. The Kier molecular flexibility index (Phi) is 5.58. The fraction of sp³-hybridized carbons (Fsp3) is 0.138. The maximum absolute atomic E-state index is 15.5. The Labute approximate surface area is 218 Å². The van der Waals surface area contributed by atoms with Crippen molar-refractivity contribution < 1.29 is 13.9 Å².